The molecule has 17 nitrogen and oxygen atoms in total. The highest BCUT2D eigenvalue weighted by Crippen LogP contribution is 2.45. The second-order valence-electron chi connectivity index (χ2n) is 23.9. The number of aliphatic hydroxyl groups excluding tert-OH is 1. The molecule has 0 rings (SSSR count). The molecule has 0 fully saturated rings. The van der Waals surface area contributed by atoms with E-state index in [1.54, 1.807) is 0 Å². The van der Waals surface area contributed by atoms with Crippen LogP contribution in [0.4, 0.5) is 0 Å². The van der Waals surface area contributed by atoms with Crippen molar-refractivity contribution in [3.05, 3.63) is 24.3 Å². The van der Waals surface area contributed by atoms with Gasteiger partial charge >= 0.3 is 39.5 Å². The number of carbonyl (C=O) groups is 4. The molecule has 0 aliphatic carbocycles. The molecule has 0 aromatic carbocycles. The van der Waals surface area contributed by atoms with Crippen molar-refractivity contribution in [2.75, 3.05) is 39.6 Å². The molecule has 3 unspecified atom stereocenters. The van der Waals surface area contributed by atoms with Gasteiger partial charge in [-0.2, -0.15) is 0 Å². The van der Waals surface area contributed by atoms with Gasteiger partial charge in [0.25, 0.3) is 0 Å². The summed E-state index contributed by atoms with van der Waals surface area (Å²) in [5, 5.41) is 10.5. The first-order valence-electron chi connectivity index (χ1n) is 33.8. The van der Waals surface area contributed by atoms with E-state index in [1.807, 2.05) is 0 Å². The lowest BCUT2D eigenvalue weighted by atomic mass is 9.99. The lowest BCUT2D eigenvalue weighted by Crippen LogP contribution is -2.30. The SMILES string of the molecule is CCCCCC/C=C\C=C/CCCCCCCC(=O)O[C@H](COC(=O)CCCCCCCCCCC(C)CC)COP(=O)(O)OC[C@@H](O)COP(=O)(O)OC[C@@H](COC(=O)CCCCCCCCCC)OC(=O)CCCCCCCCCC(C)C. The van der Waals surface area contributed by atoms with E-state index in [0.717, 1.165) is 115 Å². The van der Waals surface area contributed by atoms with Crippen molar-refractivity contribution in [1.82, 2.24) is 0 Å². The smallest absolute Gasteiger partial charge is 0.462 e. The number of ether oxygens (including phenoxy) is 4. The van der Waals surface area contributed by atoms with Crippen molar-refractivity contribution in [1.29, 1.82) is 0 Å². The molecular formula is C66H124O17P2. The molecular weight excluding hydrogens is 1130 g/mol. The normalized spacial score (nSPS) is 14.8. The van der Waals surface area contributed by atoms with Crippen LogP contribution < -0.4 is 0 Å². The average molecular weight is 1250 g/mol. The second kappa shape index (κ2) is 57.9. The summed E-state index contributed by atoms with van der Waals surface area (Å²) in [6.07, 6.45) is 44.0. The number of phosphoric acid groups is 2. The number of hydrogen-bond acceptors (Lipinski definition) is 15. The second-order valence-corrected chi connectivity index (χ2v) is 26.8. The van der Waals surface area contributed by atoms with Crippen LogP contribution in [0, 0.1) is 11.8 Å². The standard InChI is InChI=1S/C66H124O17P2/c1-7-10-12-14-16-18-19-20-21-22-23-24-32-38-44-50-65(70)82-61(55-77-64(69)49-43-37-31-26-25-29-35-41-47-59(6)9-3)56-80-84(72,73)78-52-60(67)53-79-85(74,75)81-57-62(54-76-63(68)48-42-36-30-17-15-13-11-8-2)83-66(71)51-45-39-33-27-28-34-40-46-58(4)5/h18-21,58-62,67H,7-17,22-57H2,1-6H3,(H,72,73)(H,74,75)/b19-18-,21-20-/t59?,60-,61-,62-/m1/s1. The molecule has 0 amide bonds. The summed E-state index contributed by atoms with van der Waals surface area (Å²) in [4.78, 5) is 72.2. The van der Waals surface area contributed by atoms with Crippen molar-refractivity contribution < 1.29 is 80.2 Å². The van der Waals surface area contributed by atoms with Crippen molar-refractivity contribution in [2.24, 2.45) is 11.8 Å². The van der Waals surface area contributed by atoms with Gasteiger partial charge in [-0.25, -0.2) is 9.13 Å². The minimum absolute atomic E-state index is 0.0842. The minimum atomic E-state index is -4.96. The minimum Gasteiger partial charge on any atom is -0.462 e. The summed E-state index contributed by atoms with van der Waals surface area (Å²) in [5.74, 6) is -0.697. The third kappa shape index (κ3) is 59.0. The molecule has 6 atom stereocenters. The van der Waals surface area contributed by atoms with E-state index in [4.69, 9.17) is 37.0 Å². The Balaban J connectivity index is 5.27. The van der Waals surface area contributed by atoms with Gasteiger partial charge in [0.2, 0.25) is 0 Å². The van der Waals surface area contributed by atoms with E-state index in [1.165, 1.54) is 103 Å². The van der Waals surface area contributed by atoms with E-state index < -0.39 is 97.5 Å². The predicted octanol–water partition coefficient (Wildman–Crippen LogP) is 18.0. The molecule has 0 aromatic rings. The topological polar surface area (TPSA) is 237 Å². The number of aliphatic hydroxyl groups is 1. The van der Waals surface area contributed by atoms with Crippen molar-refractivity contribution >= 4 is 39.5 Å². The van der Waals surface area contributed by atoms with Gasteiger partial charge in [-0.05, 0) is 63.2 Å². The monoisotopic (exact) mass is 1250 g/mol. The van der Waals surface area contributed by atoms with Gasteiger partial charge in [0.15, 0.2) is 12.2 Å². The fourth-order valence-electron chi connectivity index (χ4n) is 9.31. The maximum atomic E-state index is 13.0. The Bertz CT molecular complexity index is 1760. The average Bonchev–Trinajstić information content (AvgIpc) is 3.47. The third-order valence-corrected chi connectivity index (χ3v) is 16.8. The molecule has 0 spiro atoms. The van der Waals surface area contributed by atoms with Crippen molar-refractivity contribution in [3.63, 3.8) is 0 Å². The van der Waals surface area contributed by atoms with Crippen LogP contribution in [0.2, 0.25) is 0 Å². The summed E-state index contributed by atoms with van der Waals surface area (Å²) in [7, 11) is -9.90. The quantitative estimate of drug-likeness (QED) is 0.0169. The highest BCUT2D eigenvalue weighted by molar-refractivity contribution is 7.47. The fraction of sp³-hybridized carbons (Fsp3) is 0.879. The molecule has 85 heavy (non-hydrogen) atoms. The van der Waals surface area contributed by atoms with Gasteiger partial charge < -0.3 is 33.8 Å². The molecule has 0 saturated carbocycles. The maximum Gasteiger partial charge on any atom is 0.472 e. The maximum absolute atomic E-state index is 13.0. The zero-order chi connectivity index (χ0) is 62.9. The Kier molecular flexibility index (Phi) is 56.3. The number of hydrogen-bond donors (Lipinski definition) is 3. The largest absolute Gasteiger partial charge is 0.472 e. The number of carbonyl (C=O) groups excluding carboxylic acids is 4. The van der Waals surface area contributed by atoms with E-state index in [9.17, 15) is 43.2 Å². The molecule has 0 bridgehead atoms. The van der Waals surface area contributed by atoms with Crippen LogP contribution in [-0.4, -0.2) is 96.7 Å². The number of esters is 4. The van der Waals surface area contributed by atoms with Crippen LogP contribution in [0.5, 0.6) is 0 Å². The molecule has 0 aromatic heterocycles. The van der Waals surface area contributed by atoms with Gasteiger partial charge in [-0.15, -0.1) is 0 Å². The molecule has 19 heteroatoms. The molecule has 0 saturated heterocycles. The predicted molar refractivity (Wildman–Crippen MR) is 340 cm³/mol. The van der Waals surface area contributed by atoms with Crippen LogP contribution in [0.15, 0.2) is 24.3 Å². The Hall–Kier alpha value is -2.46. The zero-order valence-electron chi connectivity index (χ0n) is 54.4. The summed E-state index contributed by atoms with van der Waals surface area (Å²) >= 11 is 0. The van der Waals surface area contributed by atoms with Gasteiger partial charge in [-0.1, -0.05) is 252 Å². The van der Waals surface area contributed by atoms with Crippen molar-refractivity contribution in [3.8, 4) is 0 Å². The summed E-state index contributed by atoms with van der Waals surface area (Å²) in [6, 6.07) is 0. The molecule has 3 N–H and O–H groups in total. The zero-order valence-corrected chi connectivity index (χ0v) is 56.2. The van der Waals surface area contributed by atoms with E-state index >= 15 is 0 Å². The van der Waals surface area contributed by atoms with Crippen LogP contribution in [0.3, 0.4) is 0 Å². The summed E-state index contributed by atoms with van der Waals surface area (Å²) < 4.78 is 68.0. The Labute approximate surface area is 516 Å². The Morgan fingerprint density at radius 1 is 0.388 bits per heavy atom. The first-order valence-corrected chi connectivity index (χ1v) is 36.8. The lowest BCUT2D eigenvalue weighted by Gasteiger charge is -2.21. The first kappa shape index (κ1) is 82.5. The van der Waals surface area contributed by atoms with Crippen LogP contribution in [0.25, 0.3) is 0 Å². The van der Waals surface area contributed by atoms with Crippen LogP contribution >= 0.6 is 15.6 Å². The number of unbranched alkanes of at least 4 members (excludes halogenated alkanes) is 29. The Morgan fingerprint density at radius 3 is 1.06 bits per heavy atom. The molecule has 500 valence electrons. The van der Waals surface area contributed by atoms with Crippen LogP contribution in [-0.2, 0) is 65.4 Å². The van der Waals surface area contributed by atoms with E-state index in [2.05, 4.69) is 65.8 Å². The highest BCUT2D eigenvalue weighted by atomic mass is 31.2. The molecule has 0 radical (unpaired) electrons. The highest BCUT2D eigenvalue weighted by Gasteiger charge is 2.30. The first-order chi connectivity index (χ1) is 40.9. The van der Waals surface area contributed by atoms with Gasteiger partial charge in [0, 0.05) is 25.7 Å². The number of phosphoric ester groups is 2. The fourth-order valence-corrected chi connectivity index (χ4v) is 10.9. The van der Waals surface area contributed by atoms with E-state index in [0.29, 0.717) is 31.6 Å². The molecule has 0 aliphatic heterocycles. The van der Waals surface area contributed by atoms with E-state index in [-0.39, 0.29) is 25.7 Å². The molecule has 0 heterocycles. The third-order valence-electron chi connectivity index (χ3n) is 14.9. The molecule has 0 aliphatic rings. The number of allylic oxidation sites excluding steroid dienone is 4. The summed E-state index contributed by atoms with van der Waals surface area (Å²) in [5.41, 5.74) is 0. The van der Waals surface area contributed by atoms with Crippen molar-refractivity contribution in [2.45, 2.75) is 323 Å². The van der Waals surface area contributed by atoms with Gasteiger partial charge in [-0.3, -0.25) is 37.3 Å². The van der Waals surface area contributed by atoms with Gasteiger partial charge in [0.1, 0.15) is 19.3 Å². The number of rotatable bonds is 63. The Morgan fingerprint density at radius 2 is 0.694 bits per heavy atom. The lowest BCUT2D eigenvalue weighted by molar-refractivity contribution is -0.161. The van der Waals surface area contributed by atoms with Gasteiger partial charge in [0.05, 0.1) is 26.4 Å². The van der Waals surface area contributed by atoms with Crippen LogP contribution in [0.1, 0.15) is 305 Å². The summed E-state index contributed by atoms with van der Waals surface area (Å²) in [6.45, 7) is 9.35.